The van der Waals surface area contributed by atoms with E-state index in [0.717, 1.165) is 30.8 Å². The van der Waals surface area contributed by atoms with Crippen LogP contribution in [0.4, 0.5) is 0 Å². The quantitative estimate of drug-likeness (QED) is 0.861. The van der Waals surface area contributed by atoms with Crippen LogP contribution in [0.2, 0.25) is 0 Å². The van der Waals surface area contributed by atoms with Crippen molar-refractivity contribution in [2.24, 2.45) is 0 Å². The number of amides is 1. The lowest BCUT2D eigenvalue weighted by atomic mass is 10.1. The minimum atomic E-state index is 0.123. The van der Waals surface area contributed by atoms with Gasteiger partial charge >= 0.3 is 0 Å². The third-order valence-corrected chi connectivity index (χ3v) is 5.50. The van der Waals surface area contributed by atoms with Crippen molar-refractivity contribution in [3.8, 4) is 5.69 Å². The van der Waals surface area contributed by atoms with Crippen molar-refractivity contribution >= 4 is 5.91 Å². The summed E-state index contributed by atoms with van der Waals surface area (Å²) in [6.07, 6.45) is 6.69. The summed E-state index contributed by atoms with van der Waals surface area (Å²) in [6, 6.07) is 9.32. The number of benzene rings is 1. The minimum Gasteiger partial charge on any atom is -0.337 e. The molecule has 6 heteroatoms. The van der Waals surface area contributed by atoms with E-state index in [1.165, 1.54) is 19.2 Å². The number of rotatable bonds is 3. The van der Waals surface area contributed by atoms with Gasteiger partial charge < -0.3 is 4.90 Å². The predicted molar refractivity (Wildman–Crippen MR) is 95.7 cm³/mol. The summed E-state index contributed by atoms with van der Waals surface area (Å²) in [7, 11) is 0. The first-order valence-corrected chi connectivity index (χ1v) is 9.15. The largest absolute Gasteiger partial charge is 0.337 e. The summed E-state index contributed by atoms with van der Waals surface area (Å²) < 4.78 is 1.68. The molecule has 6 nitrogen and oxygen atoms in total. The second kappa shape index (κ2) is 6.59. The Hall–Kier alpha value is -2.21. The Balaban J connectivity index is 1.55. The molecule has 0 aliphatic carbocycles. The van der Waals surface area contributed by atoms with Gasteiger partial charge in [-0.15, -0.1) is 0 Å². The molecule has 3 heterocycles. The molecular weight excluding hydrogens is 314 g/mol. The molecule has 0 saturated carbocycles. The third-order valence-electron chi connectivity index (χ3n) is 5.50. The molecule has 1 amide bonds. The molecule has 1 aromatic carbocycles. The topological polar surface area (TPSA) is 54.3 Å². The van der Waals surface area contributed by atoms with Gasteiger partial charge in [-0.05, 0) is 51.3 Å². The fraction of sp³-hybridized carbons (Fsp3) is 0.526. The van der Waals surface area contributed by atoms with Gasteiger partial charge in [0.25, 0.3) is 5.91 Å². The van der Waals surface area contributed by atoms with Crippen molar-refractivity contribution in [1.82, 2.24) is 24.6 Å². The van der Waals surface area contributed by atoms with Crippen LogP contribution in [0.1, 0.15) is 43.5 Å². The summed E-state index contributed by atoms with van der Waals surface area (Å²) in [5.74, 6) is 0.123. The van der Waals surface area contributed by atoms with Gasteiger partial charge in [0.1, 0.15) is 12.7 Å². The van der Waals surface area contributed by atoms with Gasteiger partial charge in [-0.25, -0.2) is 9.67 Å². The smallest absolute Gasteiger partial charge is 0.253 e. The average molecular weight is 339 g/mol. The number of nitrogens with zero attached hydrogens (tertiary/aromatic N) is 5. The van der Waals surface area contributed by atoms with Gasteiger partial charge in [0, 0.05) is 36.8 Å². The van der Waals surface area contributed by atoms with E-state index < -0.39 is 0 Å². The van der Waals surface area contributed by atoms with E-state index in [0.29, 0.717) is 18.1 Å². The third kappa shape index (κ3) is 3.06. The molecule has 2 bridgehead atoms. The molecule has 2 aliphatic rings. The average Bonchev–Trinajstić information content (AvgIpc) is 3.22. The number of hydrogen-bond acceptors (Lipinski definition) is 4. The predicted octanol–water partition coefficient (Wildman–Crippen LogP) is 2.35. The Morgan fingerprint density at radius 3 is 2.80 bits per heavy atom. The zero-order chi connectivity index (χ0) is 17.4. The molecule has 2 aromatic rings. The van der Waals surface area contributed by atoms with Crippen LogP contribution in [0.25, 0.3) is 5.69 Å². The van der Waals surface area contributed by atoms with Crippen LogP contribution in [0.15, 0.2) is 36.9 Å². The Morgan fingerprint density at radius 2 is 2.04 bits per heavy atom. The maximum Gasteiger partial charge on any atom is 0.253 e. The zero-order valence-electron chi connectivity index (χ0n) is 14.9. The molecule has 1 aromatic heterocycles. The zero-order valence-corrected chi connectivity index (χ0v) is 14.9. The van der Waals surface area contributed by atoms with Crippen LogP contribution in [-0.4, -0.2) is 61.7 Å². The maximum atomic E-state index is 13.1. The Morgan fingerprint density at radius 1 is 1.20 bits per heavy atom. The van der Waals surface area contributed by atoms with Crippen LogP contribution < -0.4 is 0 Å². The summed E-state index contributed by atoms with van der Waals surface area (Å²) >= 11 is 0. The fourth-order valence-corrected chi connectivity index (χ4v) is 4.44. The molecule has 2 fully saturated rings. The van der Waals surface area contributed by atoms with Crippen LogP contribution in [-0.2, 0) is 0 Å². The lowest BCUT2D eigenvalue weighted by Crippen LogP contribution is -2.44. The van der Waals surface area contributed by atoms with Gasteiger partial charge in [0.2, 0.25) is 0 Å². The van der Waals surface area contributed by atoms with Crippen molar-refractivity contribution in [2.45, 2.75) is 51.2 Å². The molecule has 0 unspecified atom stereocenters. The molecule has 2 aliphatic heterocycles. The Kier molecular flexibility index (Phi) is 4.29. The second-order valence-electron chi connectivity index (χ2n) is 7.36. The normalized spacial score (nSPS) is 23.9. The molecule has 2 saturated heterocycles. The number of carbonyl (C=O) groups is 1. The molecule has 0 radical (unpaired) electrons. The molecule has 2 atom stereocenters. The fourth-order valence-electron chi connectivity index (χ4n) is 4.44. The number of fused-ring (bicyclic) bond motifs is 2. The van der Waals surface area contributed by atoms with Gasteiger partial charge in [-0.2, -0.15) is 5.10 Å². The highest BCUT2D eigenvalue weighted by atomic mass is 16.2. The van der Waals surface area contributed by atoms with E-state index in [-0.39, 0.29) is 5.91 Å². The van der Waals surface area contributed by atoms with Crippen molar-refractivity contribution in [2.75, 3.05) is 13.1 Å². The van der Waals surface area contributed by atoms with Gasteiger partial charge in [-0.3, -0.25) is 9.69 Å². The van der Waals surface area contributed by atoms with E-state index in [4.69, 9.17) is 0 Å². The summed E-state index contributed by atoms with van der Waals surface area (Å²) in [6.45, 7) is 6.21. The highest BCUT2D eigenvalue weighted by molar-refractivity contribution is 5.94. The lowest BCUT2D eigenvalue weighted by molar-refractivity contribution is 0.0728. The maximum absolute atomic E-state index is 13.1. The SMILES string of the molecule is CC(C)N1[C@H]2CC[C@H]1CN(C(=O)c1cccc(-n3cncn3)c1)CC2. The van der Waals surface area contributed by atoms with E-state index in [9.17, 15) is 4.79 Å². The van der Waals surface area contributed by atoms with Gasteiger partial charge in [0.15, 0.2) is 0 Å². The minimum absolute atomic E-state index is 0.123. The molecule has 132 valence electrons. The van der Waals surface area contributed by atoms with Crippen LogP contribution >= 0.6 is 0 Å². The van der Waals surface area contributed by atoms with Crippen molar-refractivity contribution < 1.29 is 4.79 Å². The van der Waals surface area contributed by atoms with Crippen molar-refractivity contribution in [3.05, 3.63) is 42.5 Å². The highest BCUT2D eigenvalue weighted by Crippen LogP contribution is 2.32. The molecule has 4 rings (SSSR count). The van der Waals surface area contributed by atoms with Gasteiger partial charge in [0.05, 0.1) is 5.69 Å². The number of hydrogen-bond donors (Lipinski definition) is 0. The Bertz CT molecular complexity index is 742. The first-order chi connectivity index (χ1) is 12.1. The van der Waals surface area contributed by atoms with E-state index >= 15 is 0 Å². The van der Waals surface area contributed by atoms with Gasteiger partial charge in [-0.1, -0.05) is 6.07 Å². The summed E-state index contributed by atoms with van der Waals surface area (Å²) in [4.78, 5) is 21.7. The van der Waals surface area contributed by atoms with Crippen molar-refractivity contribution in [1.29, 1.82) is 0 Å². The van der Waals surface area contributed by atoms with E-state index in [2.05, 4.69) is 28.8 Å². The number of carbonyl (C=O) groups excluding carboxylic acids is 1. The van der Waals surface area contributed by atoms with Crippen LogP contribution in [0.5, 0.6) is 0 Å². The molecule has 0 N–H and O–H groups in total. The first kappa shape index (κ1) is 16.3. The Labute approximate surface area is 148 Å². The number of likely N-dealkylation sites (tertiary alicyclic amines) is 1. The highest BCUT2D eigenvalue weighted by Gasteiger charge is 2.39. The van der Waals surface area contributed by atoms with Crippen LogP contribution in [0, 0.1) is 0 Å². The first-order valence-electron chi connectivity index (χ1n) is 9.15. The summed E-state index contributed by atoms with van der Waals surface area (Å²) in [5, 5.41) is 4.15. The second-order valence-corrected chi connectivity index (χ2v) is 7.36. The van der Waals surface area contributed by atoms with E-state index in [1.807, 2.05) is 29.2 Å². The molecular formula is C19H25N5O. The number of aromatic nitrogens is 3. The monoisotopic (exact) mass is 339 g/mol. The molecule has 25 heavy (non-hydrogen) atoms. The molecule has 0 spiro atoms. The standard InChI is InChI=1S/C19H25N5O/c1-14(2)24-16-6-7-18(24)11-22(9-8-16)19(25)15-4-3-5-17(10-15)23-13-20-12-21-23/h3-5,10,12-14,16,18H,6-9,11H2,1-2H3/t16-,18-/m0/s1. The van der Waals surface area contributed by atoms with Crippen LogP contribution in [0.3, 0.4) is 0 Å². The van der Waals surface area contributed by atoms with E-state index in [1.54, 1.807) is 11.0 Å². The lowest BCUT2D eigenvalue weighted by Gasteiger charge is -2.32. The van der Waals surface area contributed by atoms with Crippen molar-refractivity contribution in [3.63, 3.8) is 0 Å². The summed E-state index contributed by atoms with van der Waals surface area (Å²) in [5.41, 5.74) is 1.59.